The maximum absolute atomic E-state index is 12.2. The fourth-order valence-electron chi connectivity index (χ4n) is 2.12. The van der Waals surface area contributed by atoms with Gasteiger partial charge in [-0.15, -0.1) is 0 Å². The Morgan fingerprint density at radius 2 is 2.00 bits per heavy atom. The quantitative estimate of drug-likeness (QED) is 0.857. The van der Waals surface area contributed by atoms with Crippen molar-refractivity contribution in [2.45, 2.75) is 32.3 Å². The molecule has 2 rings (SSSR count). The number of carbonyl (C=O) groups is 1. The minimum absolute atomic E-state index is 0.180. The van der Waals surface area contributed by atoms with Crippen LogP contribution in [-0.2, 0) is 0 Å². The van der Waals surface area contributed by atoms with Gasteiger partial charge in [-0.1, -0.05) is 26.0 Å². The highest BCUT2D eigenvalue weighted by atomic mass is 16.3. The molecule has 1 aromatic heterocycles. The van der Waals surface area contributed by atoms with Gasteiger partial charge < -0.3 is 14.8 Å². The highest BCUT2D eigenvalue weighted by molar-refractivity contribution is 5.95. The van der Waals surface area contributed by atoms with E-state index in [0.29, 0.717) is 18.4 Å². The maximum atomic E-state index is 12.2. The first-order chi connectivity index (χ1) is 10.1. The van der Waals surface area contributed by atoms with Crippen LogP contribution in [0.25, 0.3) is 11.1 Å². The largest absolute Gasteiger partial charge is 0.472 e. The van der Waals surface area contributed by atoms with E-state index in [-0.39, 0.29) is 12.5 Å². The van der Waals surface area contributed by atoms with Crippen LogP contribution in [-0.4, -0.2) is 23.2 Å². The molecule has 0 atom stereocenters. The topological polar surface area (TPSA) is 62.5 Å². The van der Waals surface area contributed by atoms with E-state index < -0.39 is 5.60 Å². The molecule has 1 amide bonds. The molecule has 0 bridgehead atoms. The lowest BCUT2D eigenvalue weighted by atomic mass is 9.97. The summed E-state index contributed by atoms with van der Waals surface area (Å²) in [6.45, 7) is 4.08. The van der Waals surface area contributed by atoms with Crippen LogP contribution in [0.15, 0.2) is 47.3 Å². The number of furan rings is 1. The van der Waals surface area contributed by atoms with Crippen molar-refractivity contribution in [2.75, 3.05) is 6.54 Å². The summed E-state index contributed by atoms with van der Waals surface area (Å²) in [5, 5.41) is 13.0. The van der Waals surface area contributed by atoms with Gasteiger partial charge in [-0.3, -0.25) is 4.79 Å². The number of amides is 1. The Kier molecular flexibility index (Phi) is 4.81. The zero-order valence-electron chi connectivity index (χ0n) is 12.4. The average Bonchev–Trinajstić information content (AvgIpc) is 3.07. The van der Waals surface area contributed by atoms with Crippen molar-refractivity contribution in [1.82, 2.24) is 5.32 Å². The zero-order chi connectivity index (χ0) is 15.3. The van der Waals surface area contributed by atoms with Crippen molar-refractivity contribution >= 4 is 5.91 Å². The molecule has 0 spiro atoms. The van der Waals surface area contributed by atoms with Gasteiger partial charge in [-0.05, 0) is 36.6 Å². The molecule has 4 heteroatoms. The monoisotopic (exact) mass is 287 g/mol. The summed E-state index contributed by atoms with van der Waals surface area (Å²) in [7, 11) is 0. The van der Waals surface area contributed by atoms with Crippen molar-refractivity contribution in [2.24, 2.45) is 0 Å². The molecule has 2 aromatic rings. The molecular formula is C17H21NO3. The summed E-state index contributed by atoms with van der Waals surface area (Å²) in [4.78, 5) is 12.2. The van der Waals surface area contributed by atoms with Crippen LogP contribution >= 0.6 is 0 Å². The molecule has 2 N–H and O–H groups in total. The second-order valence-electron chi connectivity index (χ2n) is 5.21. The summed E-state index contributed by atoms with van der Waals surface area (Å²) in [6.07, 6.45) is 4.46. The predicted octanol–water partition coefficient (Wildman–Crippen LogP) is 3.23. The minimum atomic E-state index is -0.835. The number of benzene rings is 1. The van der Waals surface area contributed by atoms with E-state index in [9.17, 15) is 9.90 Å². The molecule has 1 heterocycles. The third-order valence-electron chi connectivity index (χ3n) is 3.87. The molecule has 0 aliphatic heterocycles. The average molecular weight is 287 g/mol. The van der Waals surface area contributed by atoms with Gasteiger partial charge in [0, 0.05) is 17.7 Å². The third-order valence-corrected chi connectivity index (χ3v) is 3.87. The van der Waals surface area contributed by atoms with Gasteiger partial charge in [-0.2, -0.15) is 0 Å². The Balaban J connectivity index is 2.08. The first-order valence-electron chi connectivity index (χ1n) is 7.21. The number of rotatable bonds is 6. The van der Waals surface area contributed by atoms with Crippen LogP contribution in [0.5, 0.6) is 0 Å². The van der Waals surface area contributed by atoms with Crippen molar-refractivity contribution in [1.29, 1.82) is 0 Å². The molecule has 0 aliphatic carbocycles. The summed E-state index contributed by atoms with van der Waals surface area (Å²) in [5.74, 6) is -0.180. The van der Waals surface area contributed by atoms with E-state index in [4.69, 9.17) is 4.42 Å². The van der Waals surface area contributed by atoms with Crippen LogP contribution in [0.1, 0.15) is 37.0 Å². The number of nitrogens with one attached hydrogen (secondary N) is 1. The normalized spacial score (nSPS) is 11.4. The number of aliphatic hydroxyl groups is 1. The first kappa shape index (κ1) is 15.3. The van der Waals surface area contributed by atoms with Crippen LogP contribution in [0.3, 0.4) is 0 Å². The van der Waals surface area contributed by atoms with Gasteiger partial charge >= 0.3 is 0 Å². The van der Waals surface area contributed by atoms with Gasteiger partial charge in [0.25, 0.3) is 5.91 Å². The van der Waals surface area contributed by atoms with Gasteiger partial charge in [0.15, 0.2) is 0 Å². The Bertz CT molecular complexity index is 586. The predicted molar refractivity (Wildman–Crippen MR) is 82.0 cm³/mol. The lowest BCUT2D eigenvalue weighted by Crippen LogP contribution is -2.42. The molecule has 0 aliphatic rings. The van der Waals surface area contributed by atoms with Gasteiger partial charge in [0.05, 0.1) is 18.1 Å². The fraction of sp³-hybridized carbons (Fsp3) is 0.353. The minimum Gasteiger partial charge on any atom is -0.472 e. The molecule has 21 heavy (non-hydrogen) atoms. The number of hydrogen-bond donors (Lipinski definition) is 2. The Hall–Kier alpha value is -2.07. The third kappa shape index (κ3) is 3.73. The smallest absolute Gasteiger partial charge is 0.251 e. The maximum Gasteiger partial charge on any atom is 0.251 e. The highest BCUT2D eigenvalue weighted by Gasteiger charge is 2.23. The van der Waals surface area contributed by atoms with E-state index >= 15 is 0 Å². The van der Waals surface area contributed by atoms with E-state index in [1.54, 1.807) is 18.6 Å². The van der Waals surface area contributed by atoms with Crippen LogP contribution < -0.4 is 5.32 Å². The molecule has 0 fully saturated rings. The van der Waals surface area contributed by atoms with E-state index in [1.807, 2.05) is 38.1 Å². The van der Waals surface area contributed by atoms with E-state index in [2.05, 4.69) is 5.32 Å². The van der Waals surface area contributed by atoms with E-state index in [1.165, 1.54) is 0 Å². The molecule has 112 valence electrons. The summed E-state index contributed by atoms with van der Waals surface area (Å²) in [5.41, 5.74) is 1.60. The summed E-state index contributed by atoms with van der Waals surface area (Å²) >= 11 is 0. The van der Waals surface area contributed by atoms with Gasteiger partial charge in [0.1, 0.15) is 0 Å². The van der Waals surface area contributed by atoms with Crippen molar-refractivity contribution in [3.63, 3.8) is 0 Å². The molecule has 4 nitrogen and oxygen atoms in total. The summed E-state index contributed by atoms with van der Waals surface area (Å²) < 4.78 is 5.06. The standard InChI is InChI=1S/C17H21NO3/c1-3-17(20,4-2)12-18-16(19)14-7-5-6-13(10-14)15-8-9-21-11-15/h5-11,20H,3-4,12H2,1-2H3,(H,18,19). The second-order valence-corrected chi connectivity index (χ2v) is 5.21. The molecule has 1 aromatic carbocycles. The van der Waals surface area contributed by atoms with Crippen molar-refractivity contribution < 1.29 is 14.3 Å². The lowest BCUT2D eigenvalue weighted by molar-refractivity contribution is 0.0314. The molecule has 0 unspecified atom stereocenters. The van der Waals surface area contributed by atoms with Crippen LogP contribution in [0, 0.1) is 0 Å². The summed E-state index contributed by atoms with van der Waals surface area (Å²) in [6, 6.07) is 9.19. The van der Waals surface area contributed by atoms with Gasteiger partial charge in [-0.25, -0.2) is 0 Å². The molecule has 0 saturated carbocycles. The van der Waals surface area contributed by atoms with Gasteiger partial charge in [0.2, 0.25) is 0 Å². The first-order valence-corrected chi connectivity index (χ1v) is 7.21. The van der Waals surface area contributed by atoms with Crippen LogP contribution in [0.2, 0.25) is 0 Å². The SMILES string of the molecule is CCC(O)(CC)CNC(=O)c1cccc(-c2ccoc2)c1. The number of hydrogen-bond acceptors (Lipinski definition) is 3. The Labute approximate surface area is 124 Å². The molecule has 0 radical (unpaired) electrons. The highest BCUT2D eigenvalue weighted by Crippen LogP contribution is 2.21. The zero-order valence-corrected chi connectivity index (χ0v) is 12.4. The Morgan fingerprint density at radius 3 is 2.62 bits per heavy atom. The molecule has 0 saturated heterocycles. The second kappa shape index (κ2) is 6.59. The van der Waals surface area contributed by atoms with Crippen molar-refractivity contribution in [3.8, 4) is 11.1 Å². The van der Waals surface area contributed by atoms with Crippen molar-refractivity contribution in [3.05, 3.63) is 48.4 Å². The van der Waals surface area contributed by atoms with Crippen LogP contribution in [0.4, 0.5) is 0 Å². The van der Waals surface area contributed by atoms with E-state index in [0.717, 1.165) is 11.1 Å². The number of carbonyl (C=O) groups excluding carboxylic acids is 1. The lowest BCUT2D eigenvalue weighted by Gasteiger charge is -2.25. The fourth-order valence-corrected chi connectivity index (χ4v) is 2.12. The molecular weight excluding hydrogens is 266 g/mol. The Morgan fingerprint density at radius 1 is 1.24 bits per heavy atom.